The maximum absolute atomic E-state index is 13.4. The van der Waals surface area contributed by atoms with E-state index in [4.69, 9.17) is 0 Å². The van der Waals surface area contributed by atoms with Gasteiger partial charge in [0.15, 0.2) is 0 Å². The highest BCUT2D eigenvalue weighted by Crippen LogP contribution is 2.33. The lowest BCUT2D eigenvalue weighted by Crippen LogP contribution is -2.29. The van der Waals surface area contributed by atoms with E-state index in [1.807, 2.05) is 70.2 Å². The molecule has 2 aromatic carbocycles. The van der Waals surface area contributed by atoms with Gasteiger partial charge in [-0.05, 0) is 63.1 Å². The minimum absolute atomic E-state index is 0.0567. The van der Waals surface area contributed by atoms with Crippen LogP contribution in [0.4, 0.5) is 5.69 Å². The van der Waals surface area contributed by atoms with Crippen LogP contribution in [-0.2, 0) is 0 Å². The molecule has 1 N–H and O–H groups in total. The summed E-state index contributed by atoms with van der Waals surface area (Å²) < 4.78 is 0. The van der Waals surface area contributed by atoms with Gasteiger partial charge in [0.05, 0.1) is 10.9 Å². The molecule has 33 heavy (non-hydrogen) atoms. The summed E-state index contributed by atoms with van der Waals surface area (Å²) in [6.45, 7) is 7.75. The summed E-state index contributed by atoms with van der Waals surface area (Å²) in [7, 11) is 1.80. The Bertz CT molecular complexity index is 1350. The molecule has 168 valence electrons. The first-order valence-corrected chi connectivity index (χ1v) is 11.6. The Hall–Kier alpha value is -3.58. The fourth-order valence-electron chi connectivity index (χ4n) is 3.91. The van der Waals surface area contributed by atoms with Gasteiger partial charge in [-0.1, -0.05) is 30.3 Å². The lowest BCUT2D eigenvalue weighted by atomic mass is 10.1. The first-order valence-electron chi connectivity index (χ1n) is 10.7. The number of aromatic nitrogens is 2. The zero-order chi connectivity index (χ0) is 23.7. The van der Waals surface area contributed by atoms with Crippen LogP contribution in [0.5, 0.6) is 0 Å². The van der Waals surface area contributed by atoms with Crippen LogP contribution >= 0.6 is 11.3 Å². The third kappa shape index (κ3) is 4.50. The quantitative estimate of drug-likeness (QED) is 0.416. The van der Waals surface area contributed by atoms with Crippen molar-refractivity contribution < 1.29 is 9.59 Å². The molecule has 0 radical (unpaired) electrons. The second-order valence-electron chi connectivity index (χ2n) is 8.13. The first kappa shape index (κ1) is 22.6. The summed E-state index contributed by atoms with van der Waals surface area (Å²) >= 11 is 1.41. The van der Waals surface area contributed by atoms with Crippen LogP contribution in [0.3, 0.4) is 0 Å². The van der Waals surface area contributed by atoms with Crippen LogP contribution < -0.4 is 5.32 Å². The monoisotopic (exact) mass is 458 g/mol. The molecule has 0 aliphatic heterocycles. The maximum atomic E-state index is 13.4. The summed E-state index contributed by atoms with van der Waals surface area (Å²) in [5.41, 5.74) is 4.02. The number of hydrogen-bond donors (Lipinski definition) is 1. The SMILES string of the molecule is Cc1nc(C)c2c(C)c(C(=O)N(C)C(C)c3cccc(NC(=O)c4ccccc4)c3)sc2n1. The highest BCUT2D eigenvalue weighted by molar-refractivity contribution is 7.20. The van der Waals surface area contributed by atoms with E-state index < -0.39 is 0 Å². The number of aryl methyl sites for hydroxylation is 3. The smallest absolute Gasteiger partial charge is 0.264 e. The van der Waals surface area contributed by atoms with E-state index in [0.29, 0.717) is 22.0 Å². The molecule has 0 saturated heterocycles. The molecule has 0 fully saturated rings. The molecular formula is C26H26N4O2S. The van der Waals surface area contributed by atoms with E-state index >= 15 is 0 Å². The van der Waals surface area contributed by atoms with Gasteiger partial charge in [0, 0.05) is 29.4 Å². The van der Waals surface area contributed by atoms with Gasteiger partial charge in [0.25, 0.3) is 11.8 Å². The Morgan fingerprint density at radius 2 is 1.73 bits per heavy atom. The number of carbonyl (C=O) groups excluding carboxylic acids is 2. The molecule has 0 aliphatic carbocycles. The lowest BCUT2D eigenvalue weighted by Gasteiger charge is -2.25. The Kier molecular flexibility index (Phi) is 6.24. The summed E-state index contributed by atoms with van der Waals surface area (Å²) in [5.74, 6) is 0.479. The van der Waals surface area contributed by atoms with Gasteiger partial charge in [-0.2, -0.15) is 0 Å². The van der Waals surface area contributed by atoms with E-state index in [9.17, 15) is 9.59 Å². The first-order chi connectivity index (χ1) is 15.8. The van der Waals surface area contributed by atoms with Gasteiger partial charge in [-0.3, -0.25) is 9.59 Å². The number of carbonyl (C=O) groups is 2. The minimum Gasteiger partial charge on any atom is -0.334 e. The zero-order valence-corrected chi connectivity index (χ0v) is 20.2. The molecule has 0 spiro atoms. The standard InChI is InChI=1S/C26H26N4O2S/c1-15-22-16(2)27-18(4)28-25(22)33-23(15)26(32)30(5)17(3)20-12-9-13-21(14-20)29-24(31)19-10-7-6-8-11-19/h6-14,17H,1-5H3,(H,29,31). The van der Waals surface area contributed by atoms with Gasteiger partial charge < -0.3 is 10.2 Å². The van der Waals surface area contributed by atoms with E-state index in [2.05, 4.69) is 15.3 Å². The number of nitrogens with one attached hydrogen (secondary N) is 1. The van der Waals surface area contributed by atoms with Gasteiger partial charge in [-0.25, -0.2) is 9.97 Å². The average molecular weight is 459 g/mol. The molecule has 0 saturated carbocycles. The van der Waals surface area contributed by atoms with Crippen molar-refractivity contribution in [3.05, 3.63) is 87.7 Å². The molecule has 0 aliphatic rings. The van der Waals surface area contributed by atoms with Crippen LogP contribution in [-0.4, -0.2) is 33.7 Å². The molecule has 4 rings (SSSR count). The predicted molar refractivity (Wildman–Crippen MR) is 133 cm³/mol. The molecule has 2 heterocycles. The van der Waals surface area contributed by atoms with Gasteiger partial charge in [0.2, 0.25) is 0 Å². The summed E-state index contributed by atoms with van der Waals surface area (Å²) in [6.07, 6.45) is 0. The molecule has 0 bridgehead atoms. The third-order valence-electron chi connectivity index (χ3n) is 5.84. The Labute approximate surface area is 197 Å². The number of benzene rings is 2. The molecule has 1 atom stereocenters. The molecule has 7 heteroatoms. The van der Waals surface area contributed by atoms with E-state index in [0.717, 1.165) is 27.0 Å². The number of hydrogen-bond acceptors (Lipinski definition) is 5. The number of thiophene rings is 1. The van der Waals surface area contributed by atoms with Crippen molar-refractivity contribution in [3.8, 4) is 0 Å². The highest BCUT2D eigenvalue weighted by atomic mass is 32.1. The summed E-state index contributed by atoms with van der Waals surface area (Å²) in [6, 6.07) is 16.5. The van der Waals surface area contributed by atoms with Crippen molar-refractivity contribution in [1.29, 1.82) is 0 Å². The molecular weight excluding hydrogens is 432 g/mol. The average Bonchev–Trinajstić information content (AvgIpc) is 3.14. The number of anilines is 1. The van der Waals surface area contributed by atoms with Gasteiger partial charge in [-0.15, -0.1) is 11.3 Å². The third-order valence-corrected chi connectivity index (χ3v) is 7.01. The van der Waals surface area contributed by atoms with Crippen molar-refractivity contribution in [1.82, 2.24) is 14.9 Å². The van der Waals surface area contributed by atoms with Crippen molar-refractivity contribution >= 4 is 39.1 Å². The normalized spacial score (nSPS) is 11.9. The molecule has 4 aromatic rings. The number of amides is 2. The number of nitrogens with zero attached hydrogens (tertiary/aromatic N) is 3. The molecule has 1 unspecified atom stereocenters. The van der Waals surface area contributed by atoms with E-state index in [1.54, 1.807) is 24.1 Å². The Morgan fingerprint density at radius 3 is 2.45 bits per heavy atom. The lowest BCUT2D eigenvalue weighted by molar-refractivity contribution is 0.0746. The van der Waals surface area contributed by atoms with Crippen molar-refractivity contribution in [2.45, 2.75) is 33.7 Å². The van der Waals surface area contributed by atoms with Crippen LogP contribution in [0.2, 0.25) is 0 Å². The van der Waals surface area contributed by atoms with Crippen molar-refractivity contribution in [2.24, 2.45) is 0 Å². The van der Waals surface area contributed by atoms with Gasteiger partial charge in [0.1, 0.15) is 10.7 Å². The van der Waals surface area contributed by atoms with E-state index in [1.165, 1.54) is 11.3 Å². The second kappa shape index (κ2) is 9.11. The Morgan fingerprint density at radius 1 is 1.00 bits per heavy atom. The molecule has 2 aromatic heterocycles. The van der Waals surface area contributed by atoms with Crippen molar-refractivity contribution in [3.63, 3.8) is 0 Å². The summed E-state index contributed by atoms with van der Waals surface area (Å²) in [5, 5.41) is 3.90. The summed E-state index contributed by atoms with van der Waals surface area (Å²) in [4.78, 5) is 38.1. The molecule has 2 amide bonds. The maximum Gasteiger partial charge on any atom is 0.264 e. The topological polar surface area (TPSA) is 75.2 Å². The Balaban J connectivity index is 1.56. The fraction of sp³-hybridized carbons (Fsp3) is 0.231. The van der Waals surface area contributed by atoms with Crippen LogP contribution in [0.1, 0.15) is 55.6 Å². The largest absolute Gasteiger partial charge is 0.334 e. The highest BCUT2D eigenvalue weighted by Gasteiger charge is 2.25. The minimum atomic E-state index is -0.190. The second-order valence-corrected chi connectivity index (χ2v) is 9.13. The van der Waals surface area contributed by atoms with Gasteiger partial charge >= 0.3 is 0 Å². The van der Waals surface area contributed by atoms with Crippen LogP contribution in [0, 0.1) is 20.8 Å². The fourth-order valence-corrected chi connectivity index (χ4v) is 5.17. The van der Waals surface area contributed by atoms with Crippen LogP contribution in [0.15, 0.2) is 54.6 Å². The zero-order valence-electron chi connectivity index (χ0n) is 19.3. The van der Waals surface area contributed by atoms with Crippen LogP contribution in [0.25, 0.3) is 10.2 Å². The van der Waals surface area contributed by atoms with Crippen molar-refractivity contribution in [2.75, 3.05) is 12.4 Å². The predicted octanol–water partition coefficient (Wildman–Crippen LogP) is 5.70. The number of rotatable bonds is 5. The van der Waals surface area contributed by atoms with E-state index in [-0.39, 0.29) is 17.9 Å². The number of fused-ring (bicyclic) bond motifs is 1. The molecule has 6 nitrogen and oxygen atoms in total.